The molecule has 2 N–H and O–H groups in total. The molecule has 0 radical (unpaired) electrons. The highest BCUT2D eigenvalue weighted by atomic mass is 16.2. The molecule has 2 fully saturated rings. The van der Waals surface area contributed by atoms with Crippen LogP contribution < -0.4 is 10.6 Å². The van der Waals surface area contributed by atoms with Gasteiger partial charge in [-0.15, -0.1) is 0 Å². The summed E-state index contributed by atoms with van der Waals surface area (Å²) in [6.07, 6.45) is 5.56. The SMILES string of the molecule is O=C1CC[C@H](C(=O)N2CC(NC(=O)c3ccc4c(c3)CCCC4)C2)N1. The van der Waals surface area contributed by atoms with Crippen LogP contribution in [0.3, 0.4) is 0 Å². The van der Waals surface area contributed by atoms with Crippen LogP contribution >= 0.6 is 0 Å². The molecule has 0 unspecified atom stereocenters. The number of benzene rings is 1. The summed E-state index contributed by atoms with van der Waals surface area (Å²) < 4.78 is 0. The Morgan fingerprint density at radius 3 is 2.56 bits per heavy atom. The third-order valence-corrected chi connectivity index (χ3v) is 5.43. The lowest BCUT2D eigenvalue weighted by atomic mass is 9.90. The van der Waals surface area contributed by atoms with Crippen LogP contribution in [0.4, 0.5) is 0 Å². The van der Waals surface area contributed by atoms with E-state index < -0.39 is 0 Å². The summed E-state index contributed by atoms with van der Waals surface area (Å²) in [7, 11) is 0. The molecule has 1 aliphatic carbocycles. The number of rotatable bonds is 3. The molecule has 25 heavy (non-hydrogen) atoms. The van der Waals surface area contributed by atoms with E-state index in [4.69, 9.17) is 0 Å². The molecular formula is C19H23N3O3. The molecule has 1 atom stereocenters. The number of nitrogens with one attached hydrogen (secondary N) is 2. The Balaban J connectivity index is 1.30. The third kappa shape index (κ3) is 3.25. The maximum Gasteiger partial charge on any atom is 0.251 e. The van der Waals surface area contributed by atoms with Crippen LogP contribution in [-0.4, -0.2) is 47.8 Å². The van der Waals surface area contributed by atoms with Gasteiger partial charge in [-0.1, -0.05) is 6.07 Å². The van der Waals surface area contributed by atoms with Gasteiger partial charge in [-0.3, -0.25) is 14.4 Å². The van der Waals surface area contributed by atoms with E-state index in [1.165, 1.54) is 24.0 Å². The van der Waals surface area contributed by atoms with E-state index in [-0.39, 0.29) is 29.8 Å². The van der Waals surface area contributed by atoms with E-state index in [2.05, 4.69) is 16.7 Å². The van der Waals surface area contributed by atoms with Crippen molar-refractivity contribution >= 4 is 17.7 Å². The lowest BCUT2D eigenvalue weighted by molar-refractivity contribution is -0.138. The number of likely N-dealkylation sites (tertiary alicyclic amines) is 1. The molecular weight excluding hydrogens is 318 g/mol. The van der Waals surface area contributed by atoms with E-state index in [1.54, 1.807) is 4.90 Å². The van der Waals surface area contributed by atoms with Gasteiger partial charge in [-0.25, -0.2) is 0 Å². The molecule has 2 heterocycles. The number of aryl methyl sites for hydroxylation is 2. The second-order valence-corrected chi connectivity index (χ2v) is 7.26. The molecule has 6 heteroatoms. The van der Waals surface area contributed by atoms with Crippen molar-refractivity contribution in [3.05, 3.63) is 34.9 Å². The first-order valence-electron chi connectivity index (χ1n) is 9.11. The zero-order chi connectivity index (χ0) is 17.4. The Bertz CT molecular complexity index is 725. The molecule has 132 valence electrons. The highest BCUT2D eigenvalue weighted by Gasteiger charge is 2.37. The Morgan fingerprint density at radius 1 is 1.08 bits per heavy atom. The zero-order valence-corrected chi connectivity index (χ0v) is 14.2. The van der Waals surface area contributed by atoms with Crippen molar-refractivity contribution in [2.45, 2.75) is 50.6 Å². The van der Waals surface area contributed by atoms with Gasteiger partial charge in [0.1, 0.15) is 6.04 Å². The van der Waals surface area contributed by atoms with E-state index in [1.807, 2.05) is 12.1 Å². The van der Waals surface area contributed by atoms with Crippen LogP contribution in [0, 0.1) is 0 Å². The summed E-state index contributed by atoms with van der Waals surface area (Å²) in [5.74, 6) is -0.166. The lowest BCUT2D eigenvalue weighted by Crippen LogP contribution is -2.63. The van der Waals surface area contributed by atoms with Crippen LogP contribution in [0.25, 0.3) is 0 Å². The fourth-order valence-electron chi connectivity index (χ4n) is 3.91. The average Bonchev–Trinajstić information content (AvgIpc) is 3.03. The minimum atomic E-state index is -0.384. The predicted molar refractivity (Wildman–Crippen MR) is 92.1 cm³/mol. The monoisotopic (exact) mass is 341 g/mol. The summed E-state index contributed by atoms with van der Waals surface area (Å²) >= 11 is 0. The molecule has 6 nitrogen and oxygen atoms in total. The first kappa shape index (κ1) is 16.1. The van der Waals surface area contributed by atoms with Crippen LogP contribution in [-0.2, 0) is 22.4 Å². The van der Waals surface area contributed by atoms with Crippen LogP contribution in [0.15, 0.2) is 18.2 Å². The maximum atomic E-state index is 12.4. The quantitative estimate of drug-likeness (QED) is 0.853. The molecule has 1 aromatic carbocycles. The smallest absolute Gasteiger partial charge is 0.251 e. The van der Waals surface area contributed by atoms with E-state index >= 15 is 0 Å². The largest absolute Gasteiger partial charge is 0.346 e. The first-order valence-corrected chi connectivity index (χ1v) is 9.11. The molecule has 0 saturated carbocycles. The number of amides is 3. The second kappa shape index (κ2) is 6.50. The number of hydrogen-bond acceptors (Lipinski definition) is 3. The van der Waals surface area contributed by atoms with Gasteiger partial charge in [0.15, 0.2) is 0 Å². The number of hydrogen-bond donors (Lipinski definition) is 2. The first-order chi connectivity index (χ1) is 12.1. The maximum absolute atomic E-state index is 12.4. The van der Waals surface area contributed by atoms with Crippen molar-refractivity contribution in [1.29, 1.82) is 0 Å². The molecule has 3 aliphatic rings. The zero-order valence-electron chi connectivity index (χ0n) is 14.2. The summed E-state index contributed by atoms with van der Waals surface area (Å²) in [5, 5.41) is 5.70. The molecule has 0 spiro atoms. The van der Waals surface area contributed by atoms with Gasteiger partial charge >= 0.3 is 0 Å². The lowest BCUT2D eigenvalue weighted by Gasteiger charge is -2.40. The summed E-state index contributed by atoms with van der Waals surface area (Å²) in [6, 6.07) is 5.59. The van der Waals surface area contributed by atoms with Gasteiger partial charge in [0, 0.05) is 25.1 Å². The van der Waals surface area contributed by atoms with Crippen LogP contribution in [0.1, 0.15) is 47.2 Å². The van der Waals surface area contributed by atoms with Crippen molar-refractivity contribution in [3.8, 4) is 0 Å². The molecule has 4 rings (SSSR count). The Labute approximate surface area is 147 Å². The molecule has 0 bridgehead atoms. The fourth-order valence-corrected chi connectivity index (χ4v) is 3.91. The van der Waals surface area contributed by atoms with Gasteiger partial charge in [-0.05, 0) is 55.4 Å². The summed E-state index contributed by atoms with van der Waals surface area (Å²) in [4.78, 5) is 37.6. The van der Waals surface area contributed by atoms with Gasteiger partial charge in [0.05, 0.1) is 6.04 Å². The number of carbonyl (C=O) groups excluding carboxylic acids is 3. The van der Waals surface area contributed by atoms with Crippen molar-refractivity contribution in [3.63, 3.8) is 0 Å². The minimum absolute atomic E-state index is 0.00964. The van der Waals surface area contributed by atoms with E-state index in [9.17, 15) is 14.4 Å². The molecule has 1 aromatic rings. The number of fused-ring (bicyclic) bond motifs is 1. The topological polar surface area (TPSA) is 78.5 Å². The van der Waals surface area contributed by atoms with Crippen molar-refractivity contribution in [2.75, 3.05) is 13.1 Å². The van der Waals surface area contributed by atoms with Crippen molar-refractivity contribution < 1.29 is 14.4 Å². The van der Waals surface area contributed by atoms with Gasteiger partial charge < -0.3 is 15.5 Å². The summed E-state index contributed by atoms with van der Waals surface area (Å²) in [5.41, 5.74) is 3.36. The highest BCUT2D eigenvalue weighted by molar-refractivity contribution is 5.95. The molecule has 3 amide bonds. The van der Waals surface area contributed by atoms with Gasteiger partial charge in [0.2, 0.25) is 11.8 Å². The Kier molecular flexibility index (Phi) is 4.19. The molecule has 2 aliphatic heterocycles. The van der Waals surface area contributed by atoms with Crippen molar-refractivity contribution in [2.24, 2.45) is 0 Å². The number of nitrogens with zero attached hydrogens (tertiary/aromatic N) is 1. The molecule has 2 saturated heterocycles. The average molecular weight is 341 g/mol. The Hall–Kier alpha value is -2.37. The highest BCUT2D eigenvalue weighted by Crippen LogP contribution is 2.22. The second-order valence-electron chi connectivity index (χ2n) is 7.26. The van der Waals surface area contributed by atoms with Crippen molar-refractivity contribution in [1.82, 2.24) is 15.5 Å². The minimum Gasteiger partial charge on any atom is -0.346 e. The van der Waals surface area contributed by atoms with Gasteiger partial charge in [-0.2, -0.15) is 0 Å². The van der Waals surface area contributed by atoms with E-state index in [0.29, 0.717) is 31.5 Å². The van der Waals surface area contributed by atoms with Crippen LogP contribution in [0.5, 0.6) is 0 Å². The Morgan fingerprint density at radius 2 is 1.84 bits per heavy atom. The summed E-state index contributed by atoms with van der Waals surface area (Å²) in [6.45, 7) is 1.03. The predicted octanol–water partition coefficient (Wildman–Crippen LogP) is 0.785. The fraction of sp³-hybridized carbons (Fsp3) is 0.526. The standard InChI is InChI=1S/C19H23N3O3/c23-17-8-7-16(21-17)19(25)22-10-15(11-22)20-18(24)14-6-5-12-3-1-2-4-13(12)9-14/h5-6,9,15-16H,1-4,7-8,10-11H2,(H,20,24)(H,21,23)/t16-/m1/s1. The van der Waals surface area contributed by atoms with Crippen LogP contribution in [0.2, 0.25) is 0 Å². The number of carbonyl (C=O) groups is 3. The van der Waals surface area contributed by atoms with Gasteiger partial charge in [0.25, 0.3) is 5.91 Å². The third-order valence-electron chi connectivity index (χ3n) is 5.43. The van der Waals surface area contributed by atoms with E-state index in [0.717, 1.165) is 12.8 Å². The normalized spacial score (nSPS) is 22.8. The molecule has 0 aromatic heterocycles.